The lowest BCUT2D eigenvalue weighted by molar-refractivity contribution is 0.898. The lowest BCUT2D eigenvalue weighted by atomic mass is 10.1. The van der Waals surface area contributed by atoms with Crippen molar-refractivity contribution in [3.05, 3.63) is 62.9 Å². The Morgan fingerprint density at radius 1 is 1.10 bits per heavy atom. The van der Waals surface area contributed by atoms with Gasteiger partial charge < -0.3 is 5.32 Å². The number of halogens is 1. The lowest BCUT2D eigenvalue weighted by Gasteiger charge is -2.17. The first-order valence-electron chi connectivity index (χ1n) is 7.07. The normalized spacial score (nSPS) is 12.6. The molecule has 3 aromatic rings. The van der Waals surface area contributed by atoms with Crippen LogP contribution in [0, 0.1) is 13.8 Å². The van der Waals surface area contributed by atoms with Crippen molar-refractivity contribution in [2.75, 3.05) is 5.32 Å². The van der Waals surface area contributed by atoms with Crippen LogP contribution >= 0.6 is 27.3 Å². The lowest BCUT2D eigenvalue weighted by Crippen LogP contribution is -2.07. The largest absolute Gasteiger partial charge is 0.377 e. The van der Waals surface area contributed by atoms with E-state index in [1.165, 1.54) is 31.8 Å². The van der Waals surface area contributed by atoms with Gasteiger partial charge in [0.1, 0.15) is 0 Å². The van der Waals surface area contributed by atoms with Crippen LogP contribution in [0.5, 0.6) is 0 Å². The van der Waals surface area contributed by atoms with E-state index in [2.05, 4.69) is 84.5 Å². The molecule has 1 aromatic heterocycles. The molecule has 0 fully saturated rings. The van der Waals surface area contributed by atoms with Gasteiger partial charge in [0.25, 0.3) is 0 Å². The summed E-state index contributed by atoms with van der Waals surface area (Å²) in [5, 5.41) is 5.02. The third-order valence-electron chi connectivity index (χ3n) is 3.83. The Morgan fingerprint density at radius 3 is 2.57 bits per heavy atom. The van der Waals surface area contributed by atoms with Crippen LogP contribution in [0.25, 0.3) is 10.1 Å². The highest BCUT2D eigenvalue weighted by molar-refractivity contribution is 9.10. The van der Waals surface area contributed by atoms with Gasteiger partial charge in [0.05, 0.1) is 6.04 Å². The number of rotatable bonds is 3. The second-order valence-electron chi connectivity index (χ2n) is 5.41. The summed E-state index contributed by atoms with van der Waals surface area (Å²) < 4.78 is 2.49. The van der Waals surface area contributed by atoms with Gasteiger partial charge in [-0.2, -0.15) is 0 Å². The zero-order valence-electron chi connectivity index (χ0n) is 12.4. The summed E-state index contributed by atoms with van der Waals surface area (Å²) in [5.74, 6) is 0. The Bertz CT molecular complexity index is 791. The molecule has 0 aliphatic carbocycles. The fourth-order valence-corrected chi connectivity index (χ4v) is 4.38. The van der Waals surface area contributed by atoms with Crippen molar-refractivity contribution in [3.8, 4) is 0 Å². The summed E-state index contributed by atoms with van der Waals surface area (Å²) in [5.41, 5.74) is 3.85. The van der Waals surface area contributed by atoms with Gasteiger partial charge in [0.15, 0.2) is 0 Å². The Hall–Kier alpha value is -1.32. The topological polar surface area (TPSA) is 12.0 Å². The summed E-state index contributed by atoms with van der Waals surface area (Å²) in [4.78, 5) is 1.42. The number of hydrogen-bond donors (Lipinski definition) is 1. The smallest absolute Gasteiger partial charge is 0.0581 e. The molecular weight excluding hydrogens is 342 g/mol. The SMILES string of the molecule is Cc1cc(Br)ccc1NC(C)c1sc2ccccc2c1C. The molecule has 0 bridgehead atoms. The highest BCUT2D eigenvalue weighted by Gasteiger charge is 2.14. The monoisotopic (exact) mass is 359 g/mol. The molecule has 0 amide bonds. The zero-order chi connectivity index (χ0) is 15.0. The van der Waals surface area contributed by atoms with Gasteiger partial charge in [-0.25, -0.2) is 0 Å². The van der Waals surface area contributed by atoms with Crippen molar-refractivity contribution in [1.29, 1.82) is 0 Å². The van der Waals surface area contributed by atoms with E-state index in [0.29, 0.717) is 6.04 Å². The fraction of sp³-hybridized carbons (Fsp3) is 0.222. The minimum atomic E-state index is 0.308. The Balaban J connectivity index is 1.93. The van der Waals surface area contributed by atoms with Crippen molar-refractivity contribution in [2.45, 2.75) is 26.8 Å². The van der Waals surface area contributed by atoms with Gasteiger partial charge in [-0.15, -0.1) is 11.3 Å². The van der Waals surface area contributed by atoms with Crippen LogP contribution in [-0.2, 0) is 0 Å². The number of aryl methyl sites for hydroxylation is 2. The quantitative estimate of drug-likeness (QED) is 0.566. The van der Waals surface area contributed by atoms with Gasteiger partial charge in [-0.05, 0) is 61.5 Å². The molecule has 2 aromatic carbocycles. The van der Waals surface area contributed by atoms with E-state index in [0.717, 1.165) is 4.47 Å². The molecule has 3 rings (SSSR count). The van der Waals surface area contributed by atoms with Crippen LogP contribution in [0.4, 0.5) is 5.69 Å². The minimum absolute atomic E-state index is 0.308. The molecule has 1 heterocycles. The van der Waals surface area contributed by atoms with E-state index in [9.17, 15) is 0 Å². The number of thiophene rings is 1. The van der Waals surface area contributed by atoms with Gasteiger partial charge in [0, 0.05) is 19.7 Å². The Kier molecular flexibility index (Phi) is 4.05. The highest BCUT2D eigenvalue weighted by atomic mass is 79.9. The predicted octanol–water partition coefficient (Wildman–Crippen LogP) is 6.45. The van der Waals surface area contributed by atoms with Gasteiger partial charge in [0.2, 0.25) is 0 Å². The summed E-state index contributed by atoms with van der Waals surface area (Å²) in [6.45, 7) is 6.59. The summed E-state index contributed by atoms with van der Waals surface area (Å²) in [6, 6.07) is 15.3. The third-order valence-corrected chi connectivity index (χ3v) is 5.78. The van der Waals surface area contributed by atoms with Crippen molar-refractivity contribution in [1.82, 2.24) is 0 Å². The average molecular weight is 360 g/mol. The summed E-state index contributed by atoms with van der Waals surface area (Å²) in [7, 11) is 0. The zero-order valence-corrected chi connectivity index (χ0v) is 14.8. The van der Waals surface area contributed by atoms with Gasteiger partial charge >= 0.3 is 0 Å². The maximum atomic E-state index is 3.65. The first kappa shape index (κ1) is 14.6. The van der Waals surface area contributed by atoms with Crippen LogP contribution in [0.2, 0.25) is 0 Å². The van der Waals surface area contributed by atoms with Crippen molar-refractivity contribution < 1.29 is 0 Å². The molecule has 0 radical (unpaired) electrons. The minimum Gasteiger partial charge on any atom is -0.377 e. The molecule has 1 nitrogen and oxygen atoms in total. The summed E-state index contributed by atoms with van der Waals surface area (Å²) in [6.07, 6.45) is 0. The van der Waals surface area contributed by atoms with E-state index in [1.54, 1.807) is 0 Å². The molecule has 0 spiro atoms. The van der Waals surface area contributed by atoms with Crippen LogP contribution in [0.1, 0.15) is 29.0 Å². The second-order valence-corrected chi connectivity index (χ2v) is 7.41. The highest BCUT2D eigenvalue weighted by Crippen LogP contribution is 2.36. The van der Waals surface area contributed by atoms with Crippen LogP contribution in [0.15, 0.2) is 46.9 Å². The number of hydrogen-bond acceptors (Lipinski definition) is 2. The Morgan fingerprint density at radius 2 is 1.86 bits per heavy atom. The molecule has 108 valence electrons. The van der Waals surface area contributed by atoms with Gasteiger partial charge in [-0.1, -0.05) is 34.1 Å². The Labute approximate surface area is 138 Å². The number of nitrogens with one attached hydrogen (secondary N) is 1. The average Bonchev–Trinajstić information content (AvgIpc) is 2.80. The molecule has 0 aliphatic rings. The molecule has 3 heteroatoms. The molecular formula is C18H18BrNS. The second kappa shape index (κ2) is 5.82. The maximum absolute atomic E-state index is 3.65. The van der Waals surface area contributed by atoms with E-state index >= 15 is 0 Å². The first-order valence-corrected chi connectivity index (χ1v) is 8.68. The standard InChI is InChI=1S/C18H18BrNS/c1-11-10-14(19)8-9-16(11)20-13(3)18-12(2)15-6-4-5-7-17(15)21-18/h4-10,13,20H,1-3H3. The van der Waals surface area contributed by atoms with Crippen LogP contribution < -0.4 is 5.32 Å². The molecule has 21 heavy (non-hydrogen) atoms. The van der Waals surface area contributed by atoms with Gasteiger partial charge in [-0.3, -0.25) is 0 Å². The van der Waals surface area contributed by atoms with Crippen molar-refractivity contribution in [3.63, 3.8) is 0 Å². The molecule has 1 atom stereocenters. The number of fused-ring (bicyclic) bond motifs is 1. The first-order chi connectivity index (χ1) is 10.1. The fourth-order valence-electron chi connectivity index (χ4n) is 2.69. The predicted molar refractivity (Wildman–Crippen MR) is 97.5 cm³/mol. The van der Waals surface area contributed by atoms with Crippen LogP contribution in [0.3, 0.4) is 0 Å². The van der Waals surface area contributed by atoms with E-state index in [-0.39, 0.29) is 0 Å². The number of anilines is 1. The van der Waals surface area contributed by atoms with Crippen LogP contribution in [-0.4, -0.2) is 0 Å². The molecule has 0 saturated heterocycles. The maximum Gasteiger partial charge on any atom is 0.0581 e. The molecule has 0 saturated carbocycles. The third kappa shape index (κ3) is 2.85. The molecule has 1 N–H and O–H groups in total. The van der Waals surface area contributed by atoms with E-state index < -0.39 is 0 Å². The molecule has 1 unspecified atom stereocenters. The number of benzene rings is 2. The molecule has 0 aliphatic heterocycles. The van der Waals surface area contributed by atoms with Crippen molar-refractivity contribution >= 4 is 43.0 Å². The summed E-state index contributed by atoms with van der Waals surface area (Å²) >= 11 is 5.41. The van der Waals surface area contributed by atoms with E-state index in [1.807, 2.05) is 11.3 Å². The van der Waals surface area contributed by atoms with Crippen molar-refractivity contribution in [2.24, 2.45) is 0 Å². The van der Waals surface area contributed by atoms with E-state index in [4.69, 9.17) is 0 Å².